The molecule has 0 aromatic carbocycles. The lowest BCUT2D eigenvalue weighted by Crippen LogP contribution is -2.15. The van der Waals surface area contributed by atoms with Gasteiger partial charge in [-0.15, -0.1) is 6.58 Å². The number of esters is 1. The van der Waals surface area contributed by atoms with Crippen LogP contribution in [0, 0.1) is 0 Å². The molecule has 41 heavy (non-hydrogen) atoms. The van der Waals surface area contributed by atoms with E-state index in [1.54, 1.807) is 6.08 Å². The van der Waals surface area contributed by atoms with E-state index in [0.29, 0.717) is 92.3 Å². The summed E-state index contributed by atoms with van der Waals surface area (Å²) in [6.45, 7) is 12.3. The van der Waals surface area contributed by atoms with E-state index in [0.717, 1.165) is 12.8 Å². The summed E-state index contributed by atoms with van der Waals surface area (Å²) in [5.74, 6) is -0.123. The number of hydrogen-bond acceptors (Lipinski definition) is 8. The highest BCUT2D eigenvalue weighted by molar-refractivity contribution is 5.69. The molecule has 0 aliphatic carbocycles. The van der Waals surface area contributed by atoms with Crippen LogP contribution in [0.3, 0.4) is 0 Å². The molecule has 0 saturated heterocycles. The summed E-state index contributed by atoms with van der Waals surface area (Å²) in [6, 6.07) is 0. The fourth-order valence-corrected chi connectivity index (χ4v) is 4.19. The molecule has 0 unspecified atom stereocenters. The number of carbonyl (C=O) groups is 1. The molecule has 0 spiro atoms. The highest BCUT2D eigenvalue weighted by Gasteiger charge is 2.03. The van der Waals surface area contributed by atoms with Gasteiger partial charge in [-0.1, -0.05) is 103 Å². The van der Waals surface area contributed by atoms with E-state index in [4.69, 9.17) is 33.2 Å². The second kappa shape index (κ2) is 37.0. The van der Waals surface area contributed by atoms with Crippen LogP contribution < -0.4 is 0 Å². The number of hydrogen-bond donors (Lipinski definition) is 0. The molecule has 0 aromatic rings. The third-order valence-electron chi connectivity index (χ3n) is 6.57. The molecule has 0 bridgehead atoms. The summed E-state index contributed by atoms with van der Waals surface area (Å²) < 4.78 is 37.6. The molecule has 0 aromatic heterocycles. The third-order valence-corrected chi connectivity index (χ3v) is 6.57. The molecule has 0 heterocycles. The first-order chi connectivity index (χ1) is 20.3. The smallest absolute Gasteiger partial charge is 0.305 e. The summed E-state index contributed by atoms with van der Waals surface area (Å²) >= 11 is 0. The maximum Gasteiger partial charge on any atom is 0.305 e. The monoisotopic (exact) mass is 588 g/mol. The zero-order chi connectivity index (χ0) is 29.7. The minimum absolute atomic E-state index is 0.123. The van der Waals surface area contributed by atoms with Crippen LogP contribution in [0.25, 0.3) is 0 Å². The average molecular weight is 589 g/mol. The number of carbonyl (C=O) groups excluding carboxylic acids is 1. The molecule has 0 rings (SSSR count). The van der Waals surface area contributed by atoms with Gasteiger partial charge in [0.15, 0.2) is 0 Å². The maximum atomic E-state index is 11.8. The Bertz CT molecular complexity index is 517. The van der Waals surface area contributed by atoms with E-state index in [1.165, 1.54) is 83.5 Å². The molecular weight excluding hydrogens is 524 g/mol. The molecule has 244 valence electrons. The topological polar surface area (TPSA) is 81.7 Å². The van der Waals surface area contributed by atoms with Gasteiger partial charge in [-0.05, 0) is 6.42 Å². The lowest BCUT2D eigenvalue weighted by atomic mass is 10.0. The van der Waals surface area contributed by atoms with E-state index >= 15 is 0 Å². The fourth-order valence-electron chi connectivity index (χ4n) is 4.19. The molecule has 8 heteroatoms. The quantitative estimate of drug-likeness (QED) is 0.0436. The van der Waals surface area contributed by atoms with Gasteiger partial charge in [-0.2, -0.15) is 0 Å². The van der Waals surface area contributed by atoms with E-state index in [-0.39, 0.29) is 5.97 Å². The fraction of sp³-hybridized carbons (Fsp3) is 0.909. The average Bonchev–Trinajstić information content (AvgIpc) is 2.98. The molecule has 8 nitrogen and oxygen atoms in total. The minimum Gasteiger partial charge on any atom is -0.463 e. The normalized spacial score (nSPS) is 11.2. The predicted molar refractivity (Wildman–Crippen MR) is 166 cm³/mol. The SMILES string of the molecule is C=CCOCCOCCOCCOCCOCCOCCOC(=O)CCCCCCCCCCCCCCCCC. The van der Waals surface area contributed by atoms with Crippen LogP contribution in [0.4, 0.5) is 0 Å². The Labute approximate surface area is 252 Å². The van der Waals surface area contributed by atoms with Gasteiger partial charge in [0, 0.05) is 6.42 Å². The van der Waals surface area contributed by atoms with Crippen LogP contribution >= 0.6 is 0 Å². The molecule has 0 amide bonds. The van der Waals surface area contributed by atoms with Gasteiger partial charge < -0.3 is 33.2 Å². The minimum atomic E-state index is -0.123. The van der Waals surface area contributed by atoms with Crippen molar-refractivity contribution in [3.8, 4) is 0 Å². The summed E-state index contributed by atoms with van der Waals surface area (Å²) in [5.41, 5.74) is 0. The van der Waals surface area contributed by atoms with Crippen LogP contribution in [0.15, 0.2) is 12.7 Å². The van der Waals surface area contributed by atoms with Crippen LogP contribution in [0.2, 0.25) is 0 Å². The van der Waals surface area contributed by atoms with Crippen LogP contribution in [-0.2, 0) is 38.0 Å². The summed E-state index contributed by atoms with van der Waals surface area (Å²) in [4.78, 5) is 11.8. The number of unbranched alkanes of at least 4 members (excludes halogenated alkanes) is 14. The highest BCUT2D eigenvalue weighted by Crippen LogP contribution is 2.13. The lowest BCUT2D eigenvalue weighted by Gasteiger charge is -2.08. The van der Waals surface area contributed by atoms with Gasteiger partial charge in [0.05, 0.1) is 79.3 Å². The van der Waals surface area contributed by atoms with Gasteiger partial charge in [0.2, 0.25) is 0 Å². The van der Waals surface area contributed by atoms with Crippen molar-refractivity contribution in [2.75, 3.05) is 85.9 Å². The first kappa shape index (κ1) is 40.0. The van der Waals surface area contributed by atoms with Crippen molar-refractivity contribution in [3.63, 3.8) is 0 Å². The van der Waals surface area contributed by atoms with Crippen molar-refractivity contribution in [1.82, 2.24) is 0 Å². The van der Waals surface area contributed by atoms with Crippen LogP contribution in [0.5, 0.6) is 0 Å². The molecule has 0 atom stereocenters. The van der Waals surface area contributed by atoms with Gasteiger partial charge in [0.25, 0.3) is 0 Å². The molecular formula is C33H64O8. The summed E-state index contributed by atoms with van der Waals surface area (Å²) in [6.07, 6.45) is 22.0. The van der Waals surface area contributed by atoms with Crippen LogP contribution in [-0.4, -0.2) is 91.9 Å². The van der Waals surface area contributed by atoms with Gasteiger partial charge in [-0.3, -0.25) is 4.79 Å². The van der Waals surface area contributed by atoms with Crippen molar-refractivity contribution in [2.45, 2.75) is 110 Å². The molecule has 0 radical (unpaired) electrons. The zero-order valence-corrected chi connectivity index (χ0v) is 26.6. The second-order valence-electron chi connectivity index (χ2n) is 10.3. The molecule has 0 fully saturated rings. The van der Waals surface area contributed by atoms with Gasteiger partial charge in [0.1, 0.15) is 6.61 Å². The third kappa shape index (κ3) is 36.9. The Kier molecular flexibility index (Phi) is 36.1. The van der Waals surface area contributed by atoms with Crippen molar-refractivity contribution in [3.05, 3.63) is 12.7 Å². The first-order valence-electron chi connectivity index (χ1n) is 16.5. The predicted octanol–water partition coefficient (Wildman–Crippen LogP) is 7.08. The Morgan fingerprint density at radius 3 is 1.15 bits per heavy atom. The van der Waals surface area contributed by atoms with Crippen LogP contribution in [0.1, 0.15) is 110 Å². The Morgan fingerprint density at radius 2 is 0.780 bits per heavy atom. The number of ether oxygens (including phenoxy) is 7. The van der Waals surface area contributed by atoms with E-state index in [1.807, 2.05) is 0 Å². The van der Waals surface area contributed by atoms with Crippen molar-refractivity contribution >= 4 is 5.97 Å². The standard InChI is InChI=1S/C33H64O8/c1-3-5-6-7-8-9-10-11-12-13-14-15-16-17-18-19-33(34)41-32-31-40-30-29-39-28-27-38-26-25-37-24-23-36-22-21-35-20-4-2/h4H,2-3,5-32H2,1H3. The summed E-state index contributed by atoms with van der Waals surface area (Å²) in [7, 11) is 0. The Hall–Kier alpha value is -1.03. The summed E-state index contributed by atoms with van der Waals surface area (Å²) in [5, 5.41) is 0. The molecule has 0 N–H and O–H groups in total. The highest BCUT2D eigenvalue weighted by atomic mass is 16.6. The largest absolute Gasteiger partial charge is 0.463 e. The number of rotatable bonds is 36. The zero-order valence-electron chi connectivity index (χ0n) is 26.6. The molecule has 0 aliphatic rings. The molecule has 0 aliphatic heterocycles. The maximum absolute atomic E-state index is 11.8. The van der Waals surface area contributed by atoms with E-state index in [2.05, 4.69) is 13.5 Å². The Balaban J connectivity index is 3.14. The first-order valence-corrected chi connectivity index (χ1v) is 16.5. The van der Waals surface area contributed by atoms with E-state index in [9.17, 15) is 4.79 Å². The molecule has 0 saturated carbocycles. The van der Waals surface area contributed by atoms with E-state index < -0.39 is 0 Å². The lowest BCUT2D eigenvalue weighted by molar-refractivity contribution is -0.145. The Morgan fingerprint density at radius 1 is 0.463 bits per heavy atom. The van der Waals surface area contributed by atoms with Gasteiger partial charge >= 0.3 is 5.97 Å². The van der Waals surface area contributed by atoms with Gasteiger partial charge in [-0.25, -0.2) is 0 Å². The second-order valence-corrected chi connectivity index (χ2v) is 10.3. The van der Waals surface area contributed by atoms with Crippen molar-refractivity contribution in [1.29, 1.82) is 0 Å². The van der Waals surface area contributed by atoms with Crippen molar-refractivity contribution < 1.29 is 38.0 Å². The van der Waals surface area contributed by atoms with Crippen molar-refractivity contribution in [2.24, 2.45) is 0 Å².